The second-order valence-electron chi connectivity index (χ2n) is 13.8. The molecule has 1 saturated carbocycles. The first-order valence-corrected chi connectivity index (χ1v) is 18.2. The Morgan fingerprint density at radius 3 is 2.29 bits per heavy atom. The van der Waals surface area contributed by atoms with Crippen LogP contribution in [0.5, 0.6) is 5.75 Å². The van der Waals surface area contributed by atoms with E-state index in [1.165, 1.54) is 0 Å². The number of carbonyl (C=O) groups is 3. The average molecular weight is 685 g/mol. The molecule has 3 N–H and O–H groups in total. The Hall–Kier alpha value is -5.24. The number of hydrogen-bond donors (Lipinski definition) is 2. The van der Waals surface area contributed by atoms with Crippen molar-refractivity contribution in [1.82, 2.24) is 5.32 Å². The van der Waals surface area contributed by atoms with Crippen molar-refractivity contribution in [3.63, 3.8) is 0 Å². The van der Waals surface area contributed by atoms with Gasteiger partial charge in [0, 0.05) is 23.0 Å². The minimum absolute atomic E-state index is 0.260. The van der Waals surface area contributed by atoms with Crippen molar-refractivity contribution in [2.75, 3.05) is 12.0 Å². The molecule has 0 bridgehead atoms. The van der Waals surface area contributed by atoms with Crippen LogP contribution in [0.4, 0.5) is 5.69 Å². The van der Waals surface area contributed by atoms with E-state index in [-0.39, 0.29) is 18.4 Å². The predicted molar refractivity (Wildman–Crippen MR) is 202 cm³/mol. The van der Waals surface area contributed by atoms with E-state index in [0.717, 1.165) is 72.1 Å². The number of para-hydroxylation sites is 1. The van der Waals surface area contributed by atoms with E-state index in [9.17, 15) is 14.4 Å². The SMILES string of the molecule is CCCC[C@H](C(N)=O)[C@@H](CC1CCCC1)C(=O)NC1N=C(c2ccccc2)c2ccccc2N(Cc2cccc(-c3ccc(OC)cc3)c2)C1=O. The lowest BCUT2D eigenvalue weighted by atomic mass is 9.80. The molecule has 8 heteroatoms. The topological polar surface area (TPSA) is 114 Å². The maximum absolute atomic E-state index is 14.8. The van der Waals surface area contributed by atoms with E-state index < -0.39 is 23.9 Å². The first-order valence-electron chi connectivity index (χ1n) is 18.2. The van der Waals surface area contributed by atoms with Gasteiger partial charge < -0.3 is 20.7 Å². The van der Waals surface area contributed by atoms with Crippen LogP contribution in [0, 0.1) is 17.8 Å². The summed E-state index contributed by atoms with van der Waals surface area (Å²) < 4.78 is 5.35. The van der Waals surface area contributed by atoms with Crippen LogP contribution in [0.3, 0.4) is 0 Å². The van der Waals surface area contributed by atoms with Gasteiger partial charge in [0.15, 0.2) is 0 Å². The van der Waals surface area contributed by atoms with Crippen LogP contribution < -0.4 is 20.7 Å². The number of carbonyl (C=O) groups excluding carboxylic acids is 3. The third-order valence-electron chi connectivity index (χ3n) is 10.3. The third kappa shape index (κ3) is 8.39. The number of hydrogen-bond acceptors (Lipinski definition) is 5. The Labute approximate surface area is 301 Å². The van der Waals surface area contributed by atoms with Gasteiger partial charge in [0.05, 0.1) is 25.1 Å². The number of benzodiazepines with no additional fused rings is 1. The molecule has 8 nitrogen and oxygen atoms in total. The quantitative estimate of drug-likeness (QED) is 0.142. The van der Waals surface area contributed by atoms with Gasteiger partial charge in [-0.1, -0.05) is 124 Å². The Balaban J connectivity index is 1.38. The minimum Gasteiger partial charge on any atom is -0.497 e. The highest BCUT2D eigenvalue weighted by atomic mass is 16.5. The Morgan fingerprint density at radius 2 is 1.59 bits per heavy atom. The highest BCUT2D eigenvalue weighted by molar-refractivity contribution is 6.20. The molecule has 1 aliphatic carbocycles. The Kier molecular flexibility index (Phi) is 11.6. The fourth-order valence-corrected chi connectivity index (χ4v) is 7.59. The van der Waals surface area contributed by atoms with E-state index in [2.05, 4.69) is 18.3 Å². The molecule has 4 aromatic rings. The van der Waals surface area contributed by atoms with Crippen molar-refractivity contribution in [3.05, 3.63) is 120 Å². The lowest BCUT2D eigenvalue weighted by Gasteiger charge is -2.29. The summed E-state index contributed by atoms with van der Waals surface area (Å²) in [5.74, 6) is -1.28. The van der Waals surface area contributed by atoms with Gasteiger partial charge in [-0.2, -0.15) is 0 Å². The number of nitrogens with zero attached hydrogens (tertiary/aromatic N) is 2. The van der Waals surface area contributed by atoms with Crippen LogP contribution in [0.25, 0.3) is 11.1 Å². The zero-order valence-electron chi connectivity index (χ0n) is 29.6. The molecule has 51 heavy (non-hydrogen) atoms. The standard InChI is InChI=1S/C43H48N4O4/c1-3-4-19-35(40(44)48)37(27-29-13-8-9-14-29)42(49)46-41-43(50)47(28-30-15-12-18-33(26-30)31-22-24-34(51-2)25-23-31)38-21-11-10-20-36(38)39(45-41)32-16-6-5-7-17-32/h5-7,10-12,15-18,20-26,29,35,37,41H,3-4,8-9,13-14,19,27-28H2,1-2H3,(H2,44,48)(H,46,49)/t35-,37+,41?/m0/s1. The maximum atomic E-state index is 14.8. The number of aliphatic imine (C=N–C) groups is 1. The fourth-order valence-electron chi connectivity index (χ4n) is 7.59. The summed E-state index contributed by atoms with van der Waals surface area (Å²) in [6.45, 7) is 2.32. The number of nitrogens with one attached hydrogen (secondary N) is 1. The molecule has 0 saturated heterocycles. The van der Waals surface area contributed by atoms with Crippen molar-refractivity contribution >= 4 is 29.1 Å². The molecular formula is C43H48N4O4. The molecule has 3 atom stereocenters. The summed E-state index contributed by atoms with van der Waals surface area (Å²) in [6, 6.07) is 33.5. The number of ether oxygens (including phenoxy) is 1. The molecule has 0 spiro atoms. The number of rotatable bonds is 14. The monoisotopic (exact) mass is 684 g/mol. The summed E-state index contributed by atoms with van der Waals surface area (Å²) >= 11 is 0. The number of methoxy groups -OCH3 is 1. The zero-order chi connectivity index (χ0) is 35.7. The van der Waals surface area contributed by atoms with Crippen LogP contribution in [0.2, 0.25) is 0 Å². The highest BCUT2D eigenvalue weighted by Gasteiger charge is 2.39. The van der Waals surface area contributed by atoms with E-state index in [4.69, 9.17) is 15.5 Å². The molecule has 6 rings (SSSR count). The van der Waals surface area contributed by atoms with Gasteiger partial charge in [0.25, 0.3) is 5.91 Å². The molecule has 2 aliphatic rings. The normalized spacial score (nSPS) is 17.2. The van der Waals surface area contributed by atoms with Gasteiger partial charge in [-0.3, -0.25) is 14.4 Å². The number of nitrogens with two attached hydrogens (primary N) is 1. The maximum Gasteiger partial charge on any atom is 0.272 e. The summed E-state index contributed by atoms with van der Waals surface area (Å²) in [7, 11) is 1.65. The number of primary amides is 1. The predicted octanol–water partition coefficient (Wildman–Crippen LogP) is 7.68. The van der Waals surface area contributed by atoms with Crippen LogP contribution in [0.1, 0.15) is 75.0 Å². The molecule has 1 fully saturated rings. The van der Waals surface area contributed by atoms with Crippen LogP contribution in [-0.2, 0) is 20.9 Å². The molecule has 1 aliphatic heterocycles. The summed E-state index contributed by atoms with van der Waals surface area (Å²) in [4.78, 5) is 48.8. The van der Waals surface area contributed by atoms with Crippen molar-refractivity contribution in [3.8, 4) is 16.9 Å². The Bertz CT molecular complexity index is 1850. The van der Waals surface area contributed by atoms with Gasteiger partial charge in [-0.15, -0.1) is 0 Å². The summed E-state index contributed by atoms with van der Waals surface area (Å²) in [6.07, 6.45) is 5.87. The first kappa shape index (κ1) is 35.6. The lowest BCUT2D eigenvalue weighted by Crippen LogP contribution is -2.50. The zero-order valence-corrected chi connectivity index (χ0v) is 29.6. The van der Waals surface area contributed by atoms with Crippen molar-refractivity contribution in [1.29, 1.82) is 0 Å². The number of amides is 3. The van der Waals surface area contributed by atoms with Gasteiger partial charge >= 0.3 is 0 Å². The first-order chi connectivity index (χ1) is 24.9. The van der Waals surface area contributed by atoms with Crippen molar-refractivity contribution in [2.45, 2.75) is 71.0 Å². The lowest BCUT2D eigenvalue weighted by molar-refractivity contribution is -0.136. The van der Waals surface area contributed by atoms with Crippen LogP contribution >= 0.6 is 0 Å². The fraction of sp³-hybridized carbons (Fsp3) is 0.349. The van der Waals surface area contributed by atoms with Crippen LogP contribution in [0.15, 0.2) is 108 Å². The summed E-state index contributed by atoms with van der Waals surface area (Å²) in [5.41, 5.74) is 11.9. The molecule has 264 valence electrons. The molecule has 4 aromatic carbocycles. The summed E-state index contributed by atoms with van der Waals surface area (Å²) in [5, 5.41) is 3.06. The van der Waals surface area contributed by atoms with Crippen LogP contribution in [-0.4, -0.2) is 36.7 Å². The average Bonchev–Trinajstić information content (AvgIpc) is 3.65. The molecule has 3 amide bonds. The van der Waals surface area contributed by atoms with Gasteiger partial charge in [-0.05, 0) is 59.7 Å². The van der Waals surface area contributed by atoms with E-state index >= 15 is 0 Å². The van der Waals surface area contributed by atoms with E-state index in [1.54, 1.807) is 12.0 Å². The molecule has 0 radical (unpaired) electrons. The minimum atomic E-state index is -1.21. The molecular weight excluding hydrogens is 636 g/mol. The third-order valence-corrected chi connectivity index (χ3v) is 10.3. The highest BCUT2D eigenvalue weighted by Crippen LogP contribution is 2.35. The van der Waals surface area contributed by atoms with Crippen molar-refractivity contribution < 1.29 is 19.1 Å². The van der Waals surface area contributed by atoms with Gasteiger partial charge in [-0.25, -0.2) is 4.99 Å². The Morgan fingerprint density at radius 1 is 0.882 bits per heavy atom. The smallest absolute Gasteiger partial charge is 0.272 e. The van der Waals surface area contributed by atoms with Gasteiger partial charge in [0.1, 0.15) is 5.75 Å². The molecule has 1 unspecified atom stereocenters. The number of fused-ring (bicyclic) bond motifs is 1. The van der Waals surface area contributed by atoms with Gasteiger partial charge in [0.2, 0.25) is 18.0 Å². The largest absolute Gasteiger partial charge is 0.497 e. The van der Waals surface area contributed by atoms with E-state index in [0.29, 0.717) is 30.2 Å². The van der Waals surface area contributed by atoms with Crippen molar-refractivity contribution in [2.24, 2.45) is 28.5 Å². The number of anilines is 1. The number of benzene rings is 4. The molecule has 0 aromatic heterocycles. The molecule has 1 heterocycles. The van der Waals surface area contributed by atoms with E-state index in [1.807, 2.05) is 97.1 Å². The second-order valence-corrected chi connectivity index (χ2v) is 13.8. The second kappa shape index (κ2) is 16.6. The number of unbranched alkanes of at least 4 members (excludes halogenated alkanes) is 1.